The van der Waals surface area contributed by atoms with Crippen LogP contribution in [-0.4, -0.2) is 32.7 Å². The summed E-state index contributed by atoms with van der Waals surface area (Å²) >= 11 is 0. The van der Waals surface area contributed by atoms with Crippen LogP contribution in [0, 0.1) is 5.82 Å². The molecule has 6 heteroatoms. The third-order valence-corrected chi connectivity index (χ3v) is 4.18. The van der Waals surface area contributed by atoms with Crippen LogP contribution in [0.5, 0.6) is 0 Å². The topological polar surface area (TPSA) is 62.4 Å². The molecule has 5 nitrogen and oxygen atoms in total. The molecule has 130 valence electrons. The van der Waals surface area contributed by atoms with Crippen LogP contribution in [0.1, 0.15) is 57.0 Å². The van der Waals surface area contributed by atoms with Crippen molar-refractivity contribution in [3.05, 3.63) is 47.4 Å². The summed E-state index contributed by atoms with van der Waals surface area (Å²) < 4.78 is 18.4. The van der Waals surface area contributed by atoms with Crippen LogP contribution in [0.4, 0.5) is 4.39 Å². The highest BCUT2D eigenvalue weighted by molar-refractivity contribution is 5.19. The first-order valence-corrected chi connectivity index (χ1v) is 8.33. The van der Waals surface area contributed by atoms with E-state index in [0.717, 1.165) is 12.8 Å². The molecule has 24 heavy (non-hydrogen) atoms. The summed E-state index contributed by atoms with van der Waals surface area (Å²) in [6.07, 6.45) is 1.56. The van der Waals surface area contributed by atoms with E-state index in [1.165, 1.54) is 12.1 Å². The molecule has 1 saturated carbocycles. The Morgan fingerprint density at radius 2 is 1.96 bits per heavy atom. The van der Waals surface area contributed by atoms with Crippen LogP contribution < -0.4 is 0 Å². The fourth-order valence-corrected chi connectivity index (χ4v) is 2.60. The lowest BCUT2D eigenvalue weighted by Crippen LogP contribution is -2.31. The monoisotopic (exact) mass is 333 g/mol. The predicted molar refractivity (Wildman–Crippen MR) is 87.8 cm³/mol. The number of halogens is 1. The van der Waals surface area contributed by atoms with Crippen molar-refractivity contribution >= 4 is 0 Å². The molecule has 1 N–H and O–H groups in total. The maximum atomic E-state index is 13.0. The standard InChI is InChI=1S/C18H24FN3O2/c1-18(2,3)17-20-16(21-24-17)11-22(14-8-9-14)10-15(23)12-4-6-13(19)7-5-12/h4-7,14-15,23H,8-11H2,1-3H3. The zero-order valence-electron chi connectivity index (χ0n) is 14.4. The first-order chi connectivity index (χ1) is 11.3. The first-order valence-electron chi connectivity index (χ1n) is 8.33. The minimum absolute atomic E-state index is 0.177. The van der Waals surface area contributed by atoms with Crippen LogP contribution in [0.3, 0.4) is 0 Å². The summed E-state index contributed by atoms with van der Waals surface area (Å²) in [5.41, 5.74) is 0.536. The van der Waals surface area contributed by atoms with Crippen LogP contribution in [0.15, 0.2) is 28.8 Å². The van der Waals surface area contributed by atoms with Crippen molar-refractivity contribution < 1.29 is 14.0 Å². The number of hydrogen-bond acceptors (Lipinski definition) is 5. The van der Waals surface area contributed by atoms with E-state index in [2.05, 4.69) is 15.0 Å². The summed E-state index contributed by atoms with van der Waals surface area (Å²) in [5.74, 6) is 0.956. The Morgan fingerprint density at radius 3 is 2.50 bits per heavy atom. The minimum atomic E-state index is -0.666. The molecule has 1 aromatic carbocycles. The van der Waals surface area contributed by atoms with E-state index < -0.39 is 6.10 Å². The lowest BCUT2D eigenvalue weighted by atomic mass is 9.97. The Labute approximate surface area is 141 Å². The number of aliphatic hydroxyl groups is 1. The highest BCUT2D eigenvalue weighted by Gasteiger charge is 2.32. The van der Waals surface area contributed by atoms with Crippen molar-refractivity contribution in [2.75, 3.05) is 6.54 Å². The fraction of sp³-hybridized carbons (Fsp3) is 0.556. The van der Waals surface area contributed by atoms with Gasteiger partial charge in [-0.15, -0.1) is 0 Å². The van der Waals surface area contributed by atoms with Crippen molar-refractivity contribution in [3.8, 4) is 0 Å². The molecule has 2 aromatic rings. The van der Waals surface area contributed by atoms with Crippen molar-refractivity contribution in [1.29, 1.82) is 0 Å². The fourth-order valence-electron chi connectivity index (χ4n) is 2.60. The number of hydrogen-bond donors (Lipinski definition) is 1. The molecule has 1 heterocycles. The number of nitrogens with zero attached hydrogens (tertiary/aromatic N) is 3. The second-order valence-electron chi connectivity index (χ2n) is 7.49. The van der Waals surface area contributed by atoms with E-state index in [1.807, 2.05) is 20.8 Å². The van der Waals surface area contributed by atoms with Gasteiger partial charge in [0.25, 0.3) is 0 Å². The Morgan fingerprint density at radius 1 is 1.29 bits per heavy atom. The van der Waals surface area contributed by atoms with E-state index in [0.29, 0.717) is 36.4 Å². The second kappa shape index (κ2) is 6.61. The molecule has 1 aliphatic rings. The molecular formula is C18H24FN3O2. The molecule has 0 radical (unpaired) electrons. The molecule has 1 aromatic heterocycles. The van der Waals surface area contributed by atoms with E-state index in [4.69, 9.17) is 4.52 Å². The Bertz CT molecular complexity index is 674. The summed E-state index contributed by atoms with van der Waals surface area (Å²) in [6, 6.07) is 6.43. The summed E-state index contributed by atoms with van der Waals surface area (Å²) in [7, 11) is 0. The molecule has 0 aliphatic heterocycles. The summed E-state index contributed by atoms with van der Waals surface area (Å²) in [4.78, 5) is 6.64. The Balaban J connectivity index is 1.67. The number of rotatable bonds is 6. The van der Waals surface area contributed by atoms with E-state index >= 15 is 0 Å². The zero-order valence-corrected chi connectivity index (χ0v) is 14.4. The predicted octanol–water partition coefficient (Wildman–Crippen LogP) is 3.20. The molecular weight excluding hydrogens is 309 g/mol. The average Bonchev–Trinajstić information content (AvgIpc) is 3.25. The van der Waals surface area contributed by atoms with Crippen LogP contribution >= 0.6 is 0 Å². The zero-order chi connectivity index (χ0) is 17.3. The Kier molecular flexibility index (Phi) is 4.69. The number of aliphatic hydroxyl groups excluding tert-OH is 1. The van der Waals surface area contributed by atoms with Gasteiger partial charge in [0, 0.05) is 18.0 Å². The van der Waals surface area contributed by atoms with Crippen LogP contribution in [-0.2, 0) is 12.0 Å². The maximum Gasteiger partial charge on any atom is 0.232 e. The van der Waals surface area contributed by atoms with Gasteiger partial charge in [-0.2, -0.15) is 4.98 Å². The van der Waals surface area contributed by atoms with Gasteiger partial charge >= 0.3 is 0 Å². The van der Waals surface area contributed by atoms with E-state index in [9.17, 15) is 9.50 Å². The summed E-state index contributed by atoms with van der Waals surface area (Å²) in [6.45, 7) is 7.10. The van der Waals surface area contributed by atoms with Crippen molar-refractivity contribution in [2.45, 2.75) is 57.7 Å². The largest absolute Gasteiger partial charge is 0.387 e. The van der Waals surface area contributed by atoms with Gasteiger partial charge in [0.2, 0.25) is 5.89 Å². The SMILES string of the molecule is CC(C)(C)c1nc(CN(CC(O)c2ccc(F)cc2)C2CC2)no1. The highest BCUT2D eigenvalue weighted by atomic mass is 19.1. The second-order valence-corrected chi connectivity index (χ2v) is 7.49. The van der Waals surface area contributed by atoms with Gasteiger partial charge in [-0.1, -0.05) is 38.1 Å². The van der Waals surface area contributed by atoms with Gasteiger partial charge in [0.05, 0.1) is 12.6 Å². The lowest BCUT2D eigenvalue weighted by Gasteiger charge is -2.23. The highest BCUT2D eigenvalue weighted by Crippen LogP contribution is 2.30. The smallest absolute Gasteiger partial charge is 0.232 e. The molecule has 0 amide bonds. The molecule has 3 rings (SSSR count). The molecule has 1 aliphatic carbocycles. The maximum absolute atomic E-state index is 13.0. The quantitative estimate of drug-likeness (QED) is 0.879. The number of benzene rings is 1. The van der Waals surface area contributed by atoms with Gasteiger partial charge in [-0.05, 0) is 30.5 Å². The van der Waals surface area contributed by atoms with Gasteiger partial charge in [-0.25, -0.2) is 4.39 Å². The average molecular weight is 333 g/mol. The molecule has 0 saturated heterocycles. The molecule has 1 unspecified atom stereocenters. The van der Waals surface area contributed by atoms with E-state index in [1.54, 1.807) is 12.1 Å². The lowest BCUT2D eigenvalue weighted by molar-refractivity contribution is 0.102. The minimum Gasteiger partial charge on any atom is -0.387 e. The van der Waals surface area contributed by atoms with Gasteiger partial charge in [0.1, 0.15) is 5.82 Å². The van der Waals surface area contributed by atoms with Crippen molar-refractivity contribution in [2.24, 2.45) is 0 Å². The van der Waals surface area contributed by atoms with Gasteiger partial charge in [0.15, 0.2) is 5.82 Å². The third kappa shape index (κ3) is 4.19. The number of aromatic nitrogens is 2. The van der Waals surface area contributed by atoms with Crippen LogP contribution in [0.25, 0.3) is 0 Å². The first kappa shape index (κ1) is 17.0. The molecule has 1 fully saturated rings. The molecule has 0 bridgehead atoms. The summed E-state index contributed by atoms with van der Waals surface area (Å²) in [5, 5.41) is 14.5. The van der Waals surface area contributed by atoms with Gasteiger partial charge < -0.3 is 9.63 Å². The molecule has 1 atom stereocenters. The third-order valence-electron chi connectivity index (χ3n) is 4.18. The van der Waals surface area contributed by atoms with Crippen molar-refractivity contribution in [1.82, 2.24) is 15.0 Å². The van der Waals surface area contributed by atoms with Gasteiger partial charge in [-0.3, -0.25) is 4.90 Å². The van der Waals surface area contributed by atoms with E-state index in [-0.39, 0.29) is 11.2 Å². The van der Waals surface area contributed by atoms with Crippen molar-refractivity contribution in [3.63, 3.8) is 0 Å². The normalized spacial score (nSPS) is 16.6. The van der Waals surface area contributed by atoms with Crippen LogP contribution in [0.2, 0.25) is 0 Å². The Hall–Kier alpha value is -1.79. The molecule has 0 spiro atoms.